The van der Waals surface area contributed by atoms with Crippen molar-refractivity contribution in [3.8, 4) is 11.5 Å². The molecule has 0 spiro atoms. The van der Waals surface area contributed by atoms with Crippen LogP contribution in [0.5, 0.6) is 11.5 Å². The predicted octanol–water partition coefficient (Wildman–Crippen LogP) is 5.30. The number of anilines is 1. The summed E-state index contributed by atoms with van der Waals surface area (Å²) in [5, 5.41) is 0.481. The van der Waals surface area contributed by atoms with E-state index in [0.717, 1.165) is 5.56 Å². The largest absolute Gasteiger partial charge is 0.493 e. The lowest BCUT2D eigenvalue weighted by molar-refractivity contribution is 0.0981. The third-order valence-electron chi connectivity index (χ3n) is 4.63. The minimum atomic E-state index is -0.340. The predicted molar refractivity (Wildman–Crippen MR) is 116 cm³/mol. The molecule has 4 aromatic rings. The number of fused-ring (bicyclic) bond motifs is 1. The minimum Gasteiger partial charge on any atom is -0.493 e. The second-order valence-electron chi connectivity index (χ2n) is 6.53. The fourth-order valence-corrected chi connectivity index (χ4v) is 4.18. The Morgan fingerprint density at radius 1 is 1.03 bits per heavy atom. The van der Waals surface area contributed by atoms with Gasteiger partial charge in [0.25, 0.3) is 5.91 Å². The van der Waals surface area contributed by atoms with Crippen LogP contribution in [-0.4, -0.2) is 25.1 Å². The summed E-state index contributed by atoms with van der Waals surface area (Å²) in [6.07, 6.45) is 0. The molecule has 0 aliphatic heterocycles. The maximum absolute atomic E-state index is 13.7. The van der Waals surface area contributed by atoms with E-state index in [0.29, 0.717) is 39.0 Å². The van der Waals surface area contributed by atoms with Crippen molar-refractivity contribution in [2.75, 3.05) is 19.1 Å². The highest BCUT2D eigenvalue weighted by Crippen LogP contribution is 2.35. The summed E-state index contributed by atoms with van der Waals surface area (Å²) in [6, 6.07) is 19.2. The molecule has 1 amide bonds. The standard InChI is InChI=1S/C23H19FN2O3S/c1-28-19-10-6-9-17(21(19)29-2)22(27)26(14-15-7-4-3-5-8-15)23-25-18-12-11-16(24)13-20(18)30-23/h3-13H,14H2,1-2H3. The number of nitrogens with zero attached hydrogens (tertiary/aromatic N) is 2. The first-order valence-electron chi connectivity index (χ1n) is 9.23. The third-order valence-corrected chi connectivity index (χ3v) is 5.67. The van der Waals surface area contributed by atoms with Crippen LogP contribution in [0.15, 0.2) is 66.7 Å². The molecule has 152 valence electrons. The van der Waals surface area contributed by atoms with E-state index >= 15 is 0 Å². The minimum absolute atomic E-state index is 0.283. The Kier molecular flexibility index (Phi) is 5.63. The molecule has 0 atom stereocenters. The Morgan fingerprint density at radius 3 is 2.57 bits per heavy atom. The molecular formula is C23H19FN2O3S. The summed E-state index contributed by atoms with van der Waals surface area (Å²) >= 11 is 1.27. The van der Waals surface area contributed by atoms with E-state index in [1.54, 1.807) is 29.2 Å². The average Bonchev–Trinajstić information content (AvgIpc) is 3.19. The maximum Gasteiger partial charge on any atom is 0.264 e. The fourth-order valence-electron chi connectivity index (χ4n) is 3.19. The van der Waals surface area contributed by atoms with Crippen LogP contribution >= 0.6 is 11.3 Å². The zero-order chi connectivity index (χ0) is 21.1. The highest BCUT2D eigenvalue weighted by Gasteiger charge is 2.26. The van der Waals surface area contributed by atoms with E-state index in [9.17, 15) is 9.18 Å². The topological polar surface area (TPSA) is 51.7 Å². The number of para-hydroxylation sites is 1. The number of carbonyl (C=O) groups excluding carboxylic acids is 1. The van der Waals surface area contributed by atoms with Gasteiger partial charge in [-0.05, 0) is 35.9 Å². The molecular weight excluding hydrogens is 403 g/mol. The molecule has 30 heavy (non-hydrogen) atoms. The molecule has 3 aromatic carbocycles. The van der Waals surface area contributed by atoms with Crippen LogP contribution in [0.2, 0.25) is 0 Å². The Balaban J connectivity index is 1.81. The van der Waals surface area contributed by atoms with E-state index in [-0.39, 0.29) is 11.7 Å². The molecule has 7 heteroatoms. The molecule has 0 unspecified atom stereocenters. The second kappa shape index (κ2) is 8.51. The number of ether oxygens (including phenoxy) is 2. The molecule has 1 heterocycles. The van der Waals surface area contributed by atoms with Gasteiger partial charge in [-0.25, -0.2) is 9.37 Å². The molecule has 0 aliphatic rings. The van der Waals surface area contributed by atoms with Gasteiger partial charge in [0, 0.05) is 0 Å². The third kappa shape index (κ3) is 3.84. The van der Waals surface area contributed by atoms with Crippen LogP contribution in [0.25, 0.3) is 10.2 Å². The van der Waals surface area contributed by atoms with Crippen molar-refractivity contribution in [2.24, 2.45) is 0 Å². The lowest BCUT2D eigenvalue weighted by Crippen LogP contribution is -2.30. The van der Waals surface area contributed by atoms with Gasteiger partial charge in [-0.15, -0.1) is 0 Å². The Morgan fingerprint density at radius 2 is 1.83 bits per heavy atom. The number of rotatable bonds is 6. The number of aromatic nitrogens is 1. The Labute approximate surface area is 177 Å². The van der Waals surface area contributed by atoms with Crippen LogP contribution < -0.4 is 14.4 Å². The van der Waals surface area contributed by atoms with Crippen molar-refractivity contribution in [3.05, 3.63) is 83.7 Å². The zero-order valence-electron chi connectivity index (χ0n) is 16.5. The summed E-state index contributed by atoms with van der Waals surface area (Å²) < 4.78 is 25.1. The van der Waals surface area contributed by atoms with E-state index in [1.807, 2.05) is 30.3 Å². The van der Waals surface area contributed by atoms with Crippen molar-refractivity contribution >= 4 is 32.6 Å². The van der Waals surface area contributed by atoms with Gasteiger partial charge in [0.1, 0.15) is 5.82 Å². The average molecular weight is 422 g/mol. The van der Waals surface area contributed by atoms with Crippen LogP contribution in [0.4, 0.5) is 9.52 Å². The van der Waals surface area contributed by atoms with Crippen molar-refractivity contribution < 1.29 is 18.7 Å². The number of benzene rings is 3. The normalized spacial score (nSPS) is 10.8. The van der Waals surface area contributed by atoms with Crippen LogP contribution in [0, 0.1) is 5.82 Å². The Bertz CT molecular complexity index is 1190. The molecule has 0 fully saturated rings. The number of hydrogen-bond acceptors (Lipinski definition) is 5. The lowest BCUT2D eigenvalue weighted by Gasteiger charge is -2.22. The van der Waals surface area contributed by atoms with E-state index in [4.69, 9.17) is 9.47 Å². The number of thiazole rings is 1. The summed E-state index contributed by atoms with van der Waals surface area (Å²) in [6.45, 7) is 0.308. The van der Waals surface area contributed by atoms with E-state index in [2.05, 4.69) is 4.98 Å². The first-order valence-corrected chi connectivity index (χ1v) is 10.0. The molecule has 0 aliphatic carbocycles. The SMILES string of the molecule is COc1cccc(C(=O)N(Cc2ccccc2)c2nc3ccc(F)cc3s2)c1OC. The van der Waals surface area contributed by atoms with Gasteiger partial charge in [-0.2, -0.15) is 0 Å². The Hall–Kier alpha value is -3.45. The summed E-state index contributed by atoms with van der Waals surface area (Å²) in [5.41, 5.74) is 1.94. The number of hydrogen-bond donors (Lipinski definition) is 0. The first kappa shape index (κ1) is 19.8. The van der Waals surface area contributed by atoms with Crippen molar-refractivity contribution in [1.29, 1.82) is 0 Å². The van der Waals surface area contributed by atoms with Crippen LogP contribution in [0.1, 0.15) is 15.9 Å². The van der Waals surface area contributed by atoms with Crippen molar-refractivity contribution in [1.82, 2.24) is 4.98 Å². The van der Waals surface area contributed by atoms with Gasteiger partial charge in [-0.1, -0.05) is 47.7 Å². The van der Waals surface area contributed by atoms with Gasteiger partial charge < -0.3 is 9.47 Å². The highest BCUT2D eigenvalue weighted by molar-refractivity contribution is 7.22. The number of carbonyl (C=O) groups is 1. The number of methoxy groups -OCH3 is 2. The van der Waals surface area contributed by atoms with Crippen LogP contribution in [-0.2, 0) is 6.54 Å². The van der Waals surface area contributed by atoms with Gasteiger partial charge >= 0.3 is 0 Å². The van der Waals surface area contributed by atoms with Gasteiger partial charge in [-0.3, -0.25) is 9.69 Å². The van der Waals surface area contributed by atoms with Crippen LogP contribution in [0.3, 0.4) is 0 Å². The van der Waals surface area contributed by atoms with Gasteiger partial charge in [0.15, 0.2) is 16.6 Å². The fraction of sp³-hybridized carbons (Fsp3) is 0.130. The van der Waals surface area contributed by atoms with Gasteiger partial charge in [0.05, 0.1) is 36.5 Å². The highest BCUT2D eigenvalue weighted by atomic mass is 32.1. The monoisotopic (exact) mass is 422 g/mol. The lowest BCUT2D eigenvalue weighted by atomic mass is 10.1. The molecule has 0 saturated heterocycles. The van der Waals surface area contributed by atoms with Gasteiger partial charge in [0.2, 0.25) is 0 Å². The molecule has 0 saturated carbocycles. The smallest absolute Gasteiger partial charge is 0.264 e. The summed E-state index contributed by atoms with van der Waals surface area (Å²) in [5.74, 6) is 0.201. The quantitative estimate of drug-likeness (QED) is 0.423. The maximum atomic E-state index is 13.7. The summed E-state index contributed by atoms with van der Waals surface area (Å²) in [7, 11) is 3.02. The number of amides is 1. The molecule has 0 bridgehead atoms. The van der Waals surface area contributed by atoms with Crippen molar-refractivity contribution in [3.63, 3.8) is 0 Å². The van der Waals surface area contributed by atoms with E-state index < -0.39 is 0 Å². The number of halogens is 1. The summed E-state index contributed by atoms with van der Waals surface area (Å²) in [4.78, 5) is 19.8. The first-order chi connectivity index (χ1) is 14.6. The van der Waals surface area contributed by atoms with E-state index in [1.165, 1.54) is 37.7 Å². The molecule has 0 radical (unpaired) electrons. The molecule has 5 nitrogen and oxygen atoms in total. The molecule has 0 N–H and O–H groups in total. The van der Waals surface area contributed by atoms with Crippen molar-refractivity contribution in [2.45, 2.75) is 6.54 Å². The molecule has 4 rings (SSSR count). The zero-order valence-corrected chi connectivity index (χ0v) is 17.3. The second-order valence-corrected chi connectivity index (χ2v) is 7.54. The molecule has 1 aromatic heterocycles.